The Morgan fingerprint density at radius 2 is 2.15 bits per heavy atom. The Morgan fingerprint density at radius 1 is 1.40 bits per heavy atom. The summed E-state index contributed by atoms with van der Waals surface area (Å²) >= 11 is 1.80. The Hall–Kier alpha value is -0.430. The van der Waals surface area contributed by atoms with Gasteiger partial charge in [-0.3, -0.25) is 0 Å². The second-order valence-electron chi connectivity index (χ2n) is 5.84. The topological polar surface area (TPSA) is 46.6 Å². The molecule has 1 aromatic rings. The molecule has 1 saturated carbocycles. The largest absolute Gasteiger partial charge is 0.368 e. The molecule has 0 bridgehead atoms. The van der Waals surface area contributed by atoms with Crippen LogP contribution in [-0.2, 0) is 14.8 Å². The van der Waals surface area contributed by atoms with Crippen LogP contribution in [0, 0.1) is 0 Å². The van der Waals surface area contributed by atoms with Gasteiger partial charge in [0.05, 0.1) is 18.5 Å². The van der Waals surface area contributed by atoms with Crippen LogP contribution in [0.1, 0.15) is 48.1 Å². The summed E-state index contributed by atoms with van der Waals surface area (Å²) in [6, 6.07) is 2.10. The fourth-order valence-corrected chi connectivity index (χ4v) is 4.80. The van der Waals surface area contributed by atoms with Gasteiger partial charge in [0.25, 0.3) is 0 Å². The first-order valence-corrected chi connectivity index (χ1v) is 9.83. The predicted molar refractivity (Wildman–Crippen MR) is 80.6 cm³/mol. The summed E-state index contributed by atoms with van der Waals surface area (Å²) in [5.41, 5.74) is 1.20. The van der Waals surface area contributed by atoms with Gasteiger partial charge in [-0.05, 0) is 29.9 Å². The Morgan fingerprint density at radius 3 is 2.90 bits per heavy atom. The minimum Gasteiger partial charge on any atom is -0.368 e. The molecule has 0 spiro atoms. The third-order valence-corrected chi connectivity index (χ3v) is 6.79. The van der Waals surface area contributed by atoms with Gasteiger partial charge in [0, 0.05) is 24.4 Å². The van der Waals surface area contributed by atoms with Gasteiger partial charge in [-0.15, -0.1) is 11.3 Å². The normalized spacial score (nSPS) is 30.1. The lowest BCUT2D eigenvalue weighted by atomic mass is 9.81. The van der Waals surface area contributed by atoms with E-state index in [9.17, 15) is 8.42 Å². The lowest BCUT2D eigenvalue weighted by Gasteiger charge is -2.40. The summed E-state index contributed by atoms with van der Waals surface area (Å²) in [6.45, 7) is 0.409. The van der Waals surface area contributed by atoms with E-state index in [-0.39, 0.29) is 12.2 Å². The highest BCUT2D eigenvalue weighted by atomic mass is 32.2. The monoisotopic (exact) mass is 315 g/mol. The highest BCUT2D eigenvalue weighted by Gasteiger charge is 2.38. The maximum Gasteiger partial charge on any atom is 0.211 e. The van der Waals surface area contributed by atoms with Crippen molar-refractivity contribution < 1.29 is 13.2 Å². The van der Waals surface area contributed by atoms with Crippen molar-refractivity contribution >= 4 is 21.4 Å². The van der Waals surface area contributed by atoms with Gasteiger partial charge in [0.2, 0.25) is 10.0 Å². The predicted octanol–water partition coefficient (Wildman–Crippen LogP) is 2.74. The van der Waals surface area contributed by atoms with E-state index in [2.05, 4.69) is 11.4 Å². The lowest BCUT2D eigenvalue weighted by Crippen LogP contribution is -2.38. The molecule has 6 heteroatoms. The van der Waals surface area contributed by atoms with Gasteiger partial charge in [0.1, 0.15) is 0 Å². The molecule has 112 valence electrons. The molecule has 2 heterocycles. The van der Waals surface area contributed by atoms with Crippen LogP contribution in [0.15, 0.2) is 11.4 Å². The zero-order valence-electron chi connectivity index (χ0n) is 11.9. The molecule has 0 unspecified atom stereocenters. The summed E-state index contributed by atoms with van der Waals surface area (Å²) in [5, 5.41) is 2.11. The molecule has 1 aliphatic carbocycles. The minimum absolute atomic E-state index is 0.115. The Kier molecular flexibility index (Phi) is 3.92. The van der Waals surface area contributed by atoms with Crippen LogP contribution in [0.3, 0.4) is 0 Å². The number of hydrogen-bond acceptors (Lipinski definition) is 4. The summed E-state index contributed by atoms with van der Waals surface area (Å²) < 4.78 is 30.9. The van der Waals surface area contributed by atoms with Crippen LogP contribution in [0.5, 0.6) is 0 Å². The zero-order chi connectivity index (χ0) is 14.3. The average molecular weight is 315 g/mol. The van der Waals surface area contributed by atoms with Crippen molar-refractivity contribution in [1.29, 1.82) is 0 Å². The molecule has 1 fully saturated rings. The Labute approximate surface area is 124 Å². The van der Waals surface area contributed by atoms with E-state index < -0.39 is 10.0 Å². The lowest BCUT2D eigenvalue weighted by molar-refractivity contribution is -0.0600. The molecule has 20 heavy (non-hydrogen) atoms. The van der Waals surface area contributed by atoms with Crippen molar-refractivity contribution in [2.24, 2.45) is 0 Å². The third-order valence-electron chi connectivity index (χ3n) is 4.44. The highest BCUT2D eigenvalue weighted by molar-refractivity contribution is 7.88. The molecule has 2 aliphatic rings. The molecule has 4 nitrogen and oxygen atoms in total. The summed E-state index contributed by atoms with van der Waals surface area (Å²) in [5.74, 6) is 0.526. The SMILES string of the molecule is CN(C[C@@H]1O[C@@H]2CCCC[C@@H]2c2sccc21)S(C)(=O)=O. The fourth-order valence-electron chi connectivity index (χ4n) is 3.25. The number of thiophene rings is 1. The molecular weight excluding hydrogens is 294 g/mol. The first kappa shape index (κ1) is 14.5. The summed E-state index contributed by atoms with van der Waals surface area (Å²) in [6.07, 6.45) is 6.19. The quantitative estimate of drug-likeness (QED) is 0.861. The second kappa shape index (κ2) is 5.40. The van der Waals surface area contributed by atoms with Crippen LogP contribution in [-0.4, -0.2) is 38.7 Å². The van der Waals surface area contributed by atoms with Crippen molar-refractivity contribution in [2.45, 2.75) is 43.8 Å². The van der Waals surface area contributed by atoms with E-state index >= 15 is 0 Å². The summed E-state index contributed by atoms with van der Waals surface area (Å²) in [7, 11) is -1.54. The molecule has 1 aromatic heterocycles. The maximum absolute atomic E-state index is 11.6. The molecule has 0 aromatic carbocycles. The standard InChI is InChI=1S/C14H21NO3S2/c1-15(20(2,16)17)9-13-11-7-8-19-14(11)10-5-3-4-6-12(10)18-13/h7-8,10,12-13H,3-6,9H2,1-2H3/t10-,12+,13-/m0/s1. The third kappa shape index (κ3) is 2.66. The maximum atomic E-state index is 11.6. The number of hydrogen-bond donors (Lipinski definition) is 0. The van der Waals surface area contributed by atoms with Crippen molar-refractivity contribution in [3.63, 3.8) is 0 Å². The van der Waals surface area contributed by atoms with Crippen LogP contribution < -0.4 is 0 Å². The number of nitrogens with zero attached hydrogens (tertiary/aromatic N) is 1. The first-order chi connectivity index (χ1) is 9.47. The van der Waals surface area contributed by atoms with Crippen molar-refractivity contribution in [3.8, 4) is 0 Å². The molecule has 0 amide bonds. The molecule has 3 atom stereocenters. The van der Waals surface area contributed by atoms with Crippen LogP contribution in [0.4, 0.5) is 0 Å². The first-order valence-electron chi connectivity index (χ1n) is 7.11. The molecule has 0 radical (unpaired) electrons. The van der Waals surface area contributed by atoms with Gasteiger partial charge in [-0.1, -0.05) is 12.8 Å². The number of ether oxygens (including phenoxy) is 1. The minimum atomic E-state index is -3.16. The van der Waals surface area contributed by atoms with Crippen molar-refractivity contribution in [2.75, 3.05) is 19.8 Å². The molecule has 0 saturated heterocycles. The van der Waals surface area contributed by atoms with Crippen LogP contribution in [0.2, 0.25) is 0 Å². The van der Waals surface area contributed by atoms with E-state index in [4.69, 9.17) is 4.74 Å². The molecule has 3 rings (SSSR count). The van der Waals surface area contributed by atoms with E-state index in [1.54, 1.807) is 18.4 Å². The summed E-state index contributed by atoms with van der Waals surface area (Å²) in [4.78, 5) is 1.42. The van der Waals surface area contributed by atoms with Crippen LogP contribution >= 0.6 is 11.3 Å². The number of sulfonamides is 1. The van der Waals surface area contributed by atoms with E-state index in [1.165, 1.54) is 40.3 Å². The van der Waals surface area contributed by atoms with Crippen molar-refractivity contribution in [3.05, 3.63) is 21.9 Å². The zero-order valence-corrected chi connectivity index (χ0v) is 13.5. The van der Waals surface area contributed by atoms with Gasteiger partial charge in [-0.25, -0.2) is 12.7 Å². The van der Waals surface area contributed by atoms with Gasteiger partial charge >= 0.3 is 0 Å². The Bertz CT molecular complexity index is 581. The van der Waals surface area contributed by atoms with Gasteiger partial charge < -0.3 is 4.74 Å². The van der Waals surface area contributed by atoms with Gasteiger partial charge in [0.15, 0.2) is 0 Å². The molecule has 1 aliphatic heterocycles. The van der Waals surface area contributed by atoms with E-state index in [0.29, 0.717) is 12.5 Å². The molecular formula is C14H21NO3S2. The van der Waals surface area contributed by atoms with Crippen molar-refractivity contribution in [1.82, 2.24) is 4.31 Å². The van der Waals surface area contributed by atoms with E-state index in [0.717, 1.165) is 6.42 Å². The molecule has 0 N–H and O–H groups in total. The number of fused-ring (bicyclic) bond motifs is 3. The smallest absolute Gasteiger partial charge is 0.211 e. The number of rotatable bonds is 3. The Balaban J connectivity index is 1.86. The van der Waals surface area contributed by atoms with Crippen LogP contribution in [0.25, 0.3) is 0 Å². The van der Waals surface area contributed by atoms with Gasteiger partial charge in [-0.2, -0.15) is 0 Å². The second-order valence-corrected chi connectivity index (χ2v) is 8.87. The average Bonchev–Trinajstić information content (AvgIpc) is 2.87. The highest BCUT2D eigenvalue weighted by Crippen LogP contribution is 2.47. The number of likely N-dealkylation sites (N-methyl/N-ethyl adjacent to an activating group) is 1. The fraction of sp³-hybridized carbons (Fsp3) is 0.714. The van der Waals surface area contributed by atoms with E-state index in [1.807, 2.05) is 0 Å².